The molecule has 14 nitrogen and oxygen atoms in total. The fraction of sp³-hybridized carbons (Fsp3) is 0.488. The zero-order valence-corrected chi connectivity index (χ0v) is 37.0. The largest absolute Gasteiger partial charge is 0.469 e. The third-order valence-electron chi connectivity index (χ3n) is 9.79. The molecule has 58 heavy (non-hydrogen) atoms. The molecule has 0 saturated carbocycles. The van der Waals surface area contributed by atoms with E-state index in [9.17, 15) is 14.2 Å². The average Bonchev–Trinajstić information content (AvgIpc) is 3.83. The van der Waals surface area contributed by atoms with Crippen molar-refractivity contribution < 1.29 is 23.7 Å². The summed E-state index contributed by atoms with van der Waals surface area (Å²) >= 11 is 0. The van der Waals surface area contributed by atoms with Crippen LogP contribution in [0.15, 0.2) is 84.2 Å². The van der Waals surface area contributed by atoms with Crippen molar-refractivity contribution in [3.8, 4) is 11.5 Å². The average molecular weight is 819 g/mol. The Bertz CT molecular complexity index is 2100. The number of aromatic nitrogens is 7. The maximum Gasteiger partial charge on any atom is 0.469 e. The van der Waals surface area contributed by atoms with Gasteiger partial charge in [0.2, 0.25) is 5.91 Å². The van der Waals surface area contributed by atoms with Crippen molar-refractivity contribution in [2.45, 2.75) is 132 Å². The lowest BCUT2D eigenvalue weighted by molar-refractivity contribution is -0.119. The Morgan fingerprint density at radius 3 is 1.78 bits per heavy atom. The lowest BCUT2D eigenvalue weighted by Crippen LogP contribution is -2.33. The van der Waals surface area contributed by atoms with Crippen molar-refractivity contribution in [3.05, 3.63) is 112 Å². The van der Waals surface area contributed by atoms with Crippen LogP contribution in [0, 0.1) is 5.92 Å². The summed E-state index contributed by atoms with van der Waals surface area (Å²) < 4.78 is 20.1. The molecule has 1 amide bonds. The second-order valence-corrected chi connectivity index (χ2v) is 16.9. The molecule has 0 saturated heterocycles. The van der Waals surface area contributed by atoms with Crippen molar-refractivity contribution in [3.63, 3.8) is 0 Å². The highest BCUT2D eigenvalue weighted by Crippen LogP contribution is 2.40. The Hall–Kier alpha value is -4.75. The van der Waals surface area contributed by atoms with Gasteiger partial charge in [-0.15, -0.1) is 5.10 Å². The summed E-state index contributed by atoms with van der Waals surface area (Å²) in [5.74, 6) is 2.79. The number of hydrogen-bond acceptors (Lipinski definition) is 8. The molecule has 5 rings (SSSR count). The number of phosphoric ester groups is 1. The van der Waals surface area contributed by atoms with Gasteiger partial charge in [0.05, 0.1) is 29.7 Å². The van der Waals surface area contributed by atoms with Crippen molar-refractivity contribution >= 4 is 19.4 Å². The van der Waals surface area contributed by atoms with Crippen LogP contribution < -0.4 is 11.0 Å². The highest BCUT2D eigenvalue weighted by atomic mass is 31.2. The highest BCUT2D eigenvalue weighted by Gasteiger charge is 2.28. The predicted octanol–water partition coefficient (Wildman–Crippen LogP) is 9.31. The number of hydrogen-bond donors (Lipinski definition) is 3. The standard InChI is InChI=1S/C16H24N3O5P.C14H21NO.C13H18N4/c1-5-15(12(4)24-25(21,22)23)19-16(20)18(10-17-19)14-8-6-13(7-9-14)11(2)3;1-5-11(4)14(16)15-13-8-6-12(7-9-13)10(2)3;1-9(2)11-5-6-13(14-7-11)17-8-12(10(3)4)15-16-17/h6-12,15H,5H2,1-4H3,(H2,21,22,23);6-11H,5H2,1-4H3,(H,15,16);5-10H,1-4H3/t12-,15+;;/m1../s1. The first-order valence-electron chi connectivity index (χ1n) is 20.1. The van der Waals surface area contributed by atoms with Gasteiger partial charge in [0.15, 0.2) is 5.82 Å². The molecule has 0 radical (unpaired) electrons. The van der Waals surface area contributed by atoms with Crippen LogP contribution in [0.2, 0.25) is 0 Å². The van der Waals surface area contributed by atoms with Crippen LogP contribution in [0.25, 0.3) is 11.5 Å². The molecule has 15 heteroatoms. The molecule has 5 aromatic rings. The van der Waals surface area contributed by atoms with Gasteiger partial charge in [0.25, 0.3) is 0 Å². The number of carbonyl (C=O) groups is 1. The van der Waals surface area contributed by atoms with E-state index < -0.39 is 20.0 Å². The molecule has 1 unspecified atom stereocenters. The molecule has 316 valence electrons. The quantitative estimate of drug-likeness (QED) is 0.0915. The second-order valence-electron chi connectivity index (χ2n) is 15.7. The number of pyridine rings is 1. The minimum atomic E-state index is -4.64. The van der Waals surface area contributed by atoms with E-state index in [1.54, 1.807) is 11.6 Å². The van der Waals surface area contributed by atoms with Gasteiger partial charge in [-0.3, -0.25) is 9.32 Å². The number of benzene rings is 2. The first-order valence-corrected chi connectivity index (χ1v) is 21.6. The molecule has 3 aromatic heterocycles. The van der Waals surface area contributed by atoms with Crippen LogP contribution >= 0.6 is 7.82 Å². The molecule has 3 heterocycles. The number of anilines is 1. The lowest BCUT2D eigenvalue weighted by Gasteiger charge is -2.22. The zero-order valence-electron chi connectivity index (χ0n) is 36.1. The van der Waals surface area contributed by atoms with Crippen molar-refractivity contribution in [2.75, 3.05) is 5.32 Å². The molecule has 0 bridgehead atoms. The third kappa shape index (κ3) is 14.0. The fourth-order valence-electron chi connectivity index (χ4n) is 5.66. The molecular weight excluding hydrogens is 755 g/mol. The number of rotatable bonds is 14. The normalized spacial score (nSPS) is 13.1. The maximum absolute atomic E-state index is 12.7. The van der Waals surface area contributed by atoms with Gasteiger partial charge >= 0.3 is 13.5 Å². The maximum atomic E-state index is 12.7. The summed E-state index contributed by atoms with van der Waals surface area (Å²) in [6, 6.07) is 19.2. The van der Waals surface area contributed by atoms with Gasteiger partial charge < -0.3 is 15.1 Å². The van der Waals surface area contributed by atoms with E-state index in [-0.39, 0.29) is 17.5 Å². The van der Waals surface area contributed by atoms with Crippen LogP contribution in [-0.4, -0.2) is 56.1 Å². The minimum absolute atomic E-state index is 0.0739. The summed E-state index contributed by atoms with van der Waals surface area (Å²) in [4.78, 5) is 46.7. The van der Waals surface area contributed by atoms with Crippen molar-refractivity contribution in [1.29, 1.82) is 0 Å². The monoisotopic (exact) mass is 818 g/mol. The van der Waals surface area contributed by atoms with E-state index in [4.69, 9.17) is 14.3 Å². The van der Waals surface area contributed by atoms with Crippen molar-refractivity contribution in [2.24, 2.45) is 5.92 Å². The SMILES string of the molecule is CC(C)c1ccc(-n2cc(C(C)C)nn2)nc1.CCC(C)C(=O)Nc1ccc(C(C)C)cc1.CC[C@@H]([C@@H](C)OP(=O)(O)O)n1ncn(-c2ccc(C(C)C)cc2)c1=O. The second kappa shape index (κ2) is 21.9. The van der Waals surface area contributed by atoms with Gasteiger partial charge in [-0.25, -0.2) is 28.3 Å². The summed E-state index contributed by atoms with van der Waals surface area (Å²) in [5.41, 5.74) is 5.86. The molecule has 0 aliphatic rings. The Morgan fingerprint density at radius 1 is 0.776 bits per heavy atom. The summed E-state index contributed by atoms with van der Waals surface area (Å²) in [7, 11) is -4.64. The molecule has 2 aromatic carbocycles. The van der Waals surface area contributed by atoms with Crippen LogP contribution in [0.5, 0.6) is 0 Å². The molecule has 0 aliphatic carbocycles. The van der Waals surface area contributed by atoms with E-state index in [2.05, 4.69) is 99.3 Å². The Kier molecular flexibility index (Phi) is 17.9. The van der Waals surface area contributed by atoms with E-state index >= 15 is 0 Å². The third-order valence-corrected chi connectivity index (χ3v) is 10.4. The predicted molar refractivity (Wildman–Crippen MR) is 230 cm³/mol. The van der Waals surface area contributed by atoms with E-state index in [0.717, 1.165) is 23.6 Å². The summed E-state index contributed by atoms with van der Waals surface area (Å²) in [5, 5.41) is 15.2. The Balaban J connectivity index is 0.000000241. The molecule has 0 aliphatic heterocycles. The minimum Gasteiger partial charge on any atom is -0.326 e. The Labute approximate surface area is 343 Å². The van der Waals surface area contributed by atoms with E-state index in [1.165, 1.54) is 39.2 Å². The number of carbonyl (C=O) groups excluding carboxylic acids is 1. The summed E-state index contributed by atoms with van der Waals surface area (Å²) in [6.45, 7) is 24.3. The van der Waals surface area contributed by atoms with Crippen LogP contribution in [0.1, 0.15) is 148 Å². The van der Waals surface area contributed by atoms with Crippen LogP contribution in [-0.2, 0) is 13.9 Å². The van der Waals surface area contributed by atoms with E-state index in [1.807, 2.05) is 68.7 Å². The number of phosphoric acid groups is 1. The van der Waals surface area contributed by atoms with Crippen molar-refractivity contribution in [1.82, 2.24) is 34.3 Å². The van der Waals surface area contributed by atoms with Gasteiger partial charge in [-0.05, 0) is 90.5 Å². The zero-order chi connectivity index (χ0) is 43.3. The molecule has 3 atom stereocenters. The molecule has 0 fully saturated rings. The number of nitrogens with one attached hydrogen (secondary N) is 1. The van der Waals surface area contributed by atoms with Crippen LogP contribution in [0.4, 0.5) is 5.69 Å². The van der Waals surface area contributed by atoms with E-state index in [0.29, 0.717) is 35.8 Å². The van der Waals surface area contributed by atoms with Gasteiger partial charge in [0.1, 0.15) is 6.33 Å². The smallest absolute Gasteiger partial charge is 0.326 e. The molecule has 0 spiro atoms. The summed E-state index contributed by atoms with van der Waals surface area (Å²) in [6.07, 6.45) is 5.67. The number of nitrogens with zero attached hydrogens (tertiary/aromatic N) is 7. The topological polar surface area (TPSA) is 179 Å². The molecular formula is C43H63N8O6P. The molecule has 3 N–H and O–H groups in total. The van der Waals surface area contributed by atoms with Crippen LogP contribution in [0.3, 0.4) is 0 Å². The van der Waals surface area contributed by atoms with Gasteiger partial charge in [0, 0.05) is 17.8 Å². The number of amides is 1. The first kappa shape index (κ1) is 47.6. The first-order chi connectivity index (χ1) is 27.3. The van der Waals surface area contributed by atoms with Gasteiger partial charge in [-0.1, -0.05) is 112 Å². The van der Waals surface area contributed by atoms with Gasteiger partial charge in [-0.2, -0.15) is 5.10 Å². The lowest BCUT2D eigenvalue weighted by atomic mass is 10.0. The highest BCUT2D eigenvalue weighted by molar-refractivity contribution is 7.46. The Morgan fingerprint density at radius 2 is 1.33 bits per heavy atom. The fourth-order valence-corrected chi connectivity index (χ4v) is 6.24.